The molecule has 1 fully saturated rings. The number of carboxylic acids is 1. The molecule has 0 radical (unpaired) electrons. The van der Waals surface area contributed by atoms with E-state index >= 15 is 0 Å². The summed E-state index contributed by atoms with van der Waals surface area (Å²) in [6, 6.07) is 7.12. The fourth-order valence-electron chi connectivity index (χ4n) is 3.54. The van der Waals surface area contributed by atoms with Gasteiger partial charge in [-0.05, 0) is 55.9 Å². The molecule has 1 aromatic rings. The Balaban J connectivity index is 1.72. The molecule has 0 spiro atoms. The first-order chi connectivity index (χ1) is 14.2. The van der Waals surface area contributed by atoms with Crippen LogP contribution >= 0.6 is 11.6 Å². The Morgan fingerprint density at radius 2 is 1.93 bits per heavy atom. The third kappa shape index (κ3) is 7.55. The van der Waals surface area contributed by atoms with Crippen LogP contribution in [-0.4, -0.2) is 45.2 Å². The highest BCUT2D eigenvalue weighted by molar-refractivity contribution is 6.30. The van der Waals surface area contributed by atoms with E-state index in [9.17, 15) is 24.6 Å². The lowest BCUT2D eigenvalue weighted by molar-refractivity contribution is -0.205. The molecule has 2 rings (SSSR count). The van der Waals surface area contributed by atoms with Crippen molar-refractivity contribution in [1.29, 1.82) is 0 Å². The number of carbonyl (C=O) groups excluding carboxylic acids is 2. The predicted octanol–water partition coefficient (Wildman–Crippen LogP) is 3.16. The largest absolute Gasteiger partial charge is 0.493 e. The van der Waals surface area contributed by atoms with E-state index in [0.717, 1.165) is 12.2 Å². The van der Waals surface area contributed by atoms with Crippen molar-refractivity contribution in [2.75, 3.05) is 6.61 Å². The molecule has 0 aromatic heterocycles. The van der Waals surface area contributed by atoms with Crippen LogP contribution in [0.1, 0.15) is 44.9 Å². The second-order valence-corrected chi connectivity index (χ2v) is 7.96. The summed E-state index contributed by atoms with van der Waals surface area (Å²) in [7, 11) is 0. The minimum Gasteiger partial charge on any atom is -0.493 e. The highest BCUT2D eigenvalue weighted by atomic mass is 35.5. The first-order valence-electron chi connectivity index (χ1n) is 9.96. The summed E-state index contributed by atoms with van der Waals surface area (Å²) in [5.74, 6) is -4.61. The fraction of sp³-hybridized carbons (Fsp3) is 0.500. The maximum absolute atomic E-state index is 12.2. The molecule has 0 amide bonds. The highest BCUT2D eigenvalue weighted by Gasteiger charge is 2.36. The molecule has 7 nitrogen and oxygen atoms in total. The molecule has 1 aromatic carbocycles. The molecule has 0 unspecified atom stereocenters. The van der Waals surface area contributed by atoms with E-state index in [0.29, 0.717) is 37.3 Å². The summed E-state index contributed by atoms with van der Waals surface area (Å²) in [5.41, 5.74) is 0. The Morgan fingerprint density at radius 1 is 1.23 bits per heavy atom. The van der Waals surface area contributed by atoms with Gasteiger partial charge in [0.15, 0.2) is 0 Å². The topological polar surface area (TPSA) is 121 Å². The van der Waals surface area contributed by atoms with Crippen LogP contribution < -0.4 is 4.74 Å². The lowest BCUT2D eigenvalue weighted by Crippen LogP contribution is -2.40. The standard InChI is InChI=1S/C22H27ClO7/c23-16-8-10-18(11-9-16)30-13-2-1-4-15-7-12-20(25)19(15)6-3-5-17(24)14-22(28,29)21(26)27/h1,4,8-11,15,19,28-29H,2-3,5-7,12-14H2,(H,26,27)/b4-1+/t15-,19+/m0/s1. The van der Waals surface area contributed by atoms with Crippen LogP contribution in [0.5, 0.6) is 5.75 Å². The molecule has 1 aliphatic rings. The minimum atomic E-state index is -3.04. The van der Waals surface area contributed by atoms with Crippen molar-refractivity contribution < 1.29 is 34.4 Å². The van der Waals surface area contributed by atoms with Gasteiger partial charge in [-0.2, -0.15) is 0 Å². The van der Waals surface area contributed by atoms with E-state index in [2.05, 4.69) is 0 Å². The molecule has 164 valence electrons. The Kier molecular flexibility index (Phi) is 9.02. The van der Waals surface area contributed by atoms with Gasteiger partial charge in [-0.15, -0.1) is 0 Å². The van der Waals surface area contributed by atoms with Gasteiger partial charge in [0, 0.05) is 23.8 Å². The molecule has 2 atom stereocenters. The molecular weight excluding hydrogens is 412 g/mol. The summed E-state index contributed by atoms with van der Waals surface area (Å²) in [6.45, 7) is 0.506. The van der Waals surface area contributed by atoms with Crippen molar-refractivity contribution in [3.63, 3.8) is 0 Å². The molecule has 1 aliphatic carbocycles. The second kappa shape index (κ2) is 11.2. The van der Waals surface area contributed by atoms with Gasteiger partial charge in [-0.1, -0.05) is 23.8 Å². The number of rotatable bonds is 12. The van der Waals surface area contributed by atoms with Crippen LogP contribution in [-0.2, 0) is 14.4 Å². The zero-order valence-corrected chi connectivity index (χ0v) is 17.4. The summed E-state index contributed by atoms with van der Waals surface area (Å²) >= 11 is 5.83. The van der Waals surface area contributed by atoms with E-state index < -0.39 is 24.0 Å². The van der Waals surface area contributed by atoms with Gasteiger partial charge in [-0.25, -0.2) is 4.79 Å². The van der Waals surface area contributed by atoms with Gasteiger partial charge >= 0.3 is 5.97 Å². The first kappa shape index (κ1) is 24.1. The monoisotopic (exact) mass is 438 g/mol. The summed E-state index contributed by atoms with van der Waals surface area (Å²) in [4.78, 5) is 34.6. The lowest BCUT2D eigenvalue weighted by atomic mass is 9.89. The maximum Gasteiger partial charge on any atom is 0.364 e. The number of ether oxygens (including phenoxy) is 1. The van der Waals surface area contributed by atoms with E-state index in [-0.39, 0.29) is 24.0 Å². The molecule has 0 bridgehead atoms. The van der Waals surface area contributed by atoms with Crippen molar-refractivity contribution in [2.45, 2.75) is 50.7 Å². The van der Waals surface area contributed by atoms with Gasteiger partial charge in [0.1, 0.15) is 17.3 Å². The lowest BCUT2D eigenvalue weighted by Gasteiger charge is -2.16. The Hall–Kier alpha value is -2.22. The molecule has 3 N–H and O–H groups in total. The number of halogens is 1. The van der Waals surface area contributed by atoms with Gasteiger partial charge in [0.2, 0.25) is 0 Å². The summed E-state index contributed by atoms with van der Waals surface area (Å²) < 4.78 is 5.62. The quantitative estimate of drug-likeness (QED) is 0.260. The Labute approximate surface area is 180 Å². The number of benzene rings is 1. The van der Waals surface area contributed by atoms with Crippen molar-refractivity contribution in [3.8, 4) is 5.75 Å². The van der Waals surface area contributed by atoms with Crippen molar-refractivity contribution in [2.24, 2.45) is 11.8 Å². The molecule has 0 aliphatic heterocycles. The Morgan fingerprint density at radius 3 is 2.60 bits per heavy atom. The smallest absolute Gasteiger partial charge is 0.364 e. The number of hydrogen-bond acceptors (Lipinski definition) is 6. The number of aliphatic carboxylic acids is 1. The van der Waals surface area contributed by atoms with E-state index in [1.54, 1.807) is 24.3 Å². The van der Waals surface area contributed by atoms with Crippen LogP contribution in [0.2, 0.25) is 5.02 Å². The third-order valence-corrected chi connectivity index (χ3v) is 5.41. The zero-order valence-electron chi connectivity index (χ0n) is 16.6. The third-order valence-electron chi connectivity index (χ3n) is 5.16. The number of aliphatic hydroxyl groups is 2. The average Bonchev–Trinajstić information content (AvgIpc) is 3.02. The summed E-state index contributed by atoms with van der Waals surface area (Å²) in [5, 5.41) is 27.8. The SMILES string of the molecule is O=C(CCC[C@H]1C(=O)CC[C@@H]1/C=C/CCOc1ccc(Cl)cc1)CC(O)(O)C(=O)O. The van der Waals surface area contributed by atoms with Crippen LogP contribution in [0.4, 0.5) is 0 Å². The van der Waals surface area contributed by atoms with Crippen LogP contribution in [0, 0.1) is 11.8 Å². The number of Topliss-reactive ketones (excluding diaryl/α,β-unsaturated/α-hetero) is 2. The zero-order chi connectivity index (χ0) is 22.1. The number of carbonyl (C=O) groups is 3. The van der Waals surface area contributed by atoms with Crippen LogP contribution in [0.3, 0.4) is 0 Å². The number of carboxylic acid groups (broad SMARTS) is 1. The molecule has 8 heteroatoms. The highest BCUT2D eigenvalue weighted by Crippen LogP contribution is 2.33. The van der Waals surface area contributed by atoms with E-state index in [4.69, 9.17) is 21.4 Å². The van der Waals surface area contributed by atoms with E-state index in [1.165, 1.54) is 0 Å². The Bertz CT molecular complexity index is 770. The number of allylic oxidation sites excluding steroid dienone is 1. The van der Waals surface area contributed by atoms with Crippen molar-refractivity contribution in [1.82, 2.24) is 0 Å². The predicted molar refractivity (Wildman–Crippen MR) is 110 cm³/mol. The average molecular weight is 439 g/mol. The minimum absolute atomic E-state index is 0.00525. The van der Waals surface area contributed by atoms with Gasteiger partial charge in [-0.3, -0.25) is 9.59 Å². The molecular formula is C22H27ClO7. The molecule has 30 heavy (non-hydrogen) atoms. The van der Waals surface area contributed by atoms with Crippen LogP contribution in [0.25, 0.3) is 0 Å². The second-order valence-electron chi connectivity index (χ2n) is 7.52. The van der Waals surface area contributed by atoms with Gasteiger partial charge in [0.05, 0.1) is 13.0 Å². The van der Waals surface area contributed by atoms with Crippen molar-refractivity contribution in [3.05, 3.63) is 41.4 Å². The first-order valence-corrected chi connectivity index (χ1v) is 10.3. The van der Waals surface area contributed by atoms with Gasteiger partial charge < -0.3 is 20.1 Å². The normalized spacial score (nSPS) is 19.4. The molecule has 0 heterocycles. The van der Waals surface area contributed by atoms with Gasteiger partial charge in [0.25, 0.3) is 5.79 Å². The van der Waals surface area contributed by atoms with Crippen molar-refractivity contribution >= 4 is 29.1 Å². The number of hydrogen-bond donors (Lipinski definition) is 3. The number of ketones is 2. The molecule has 0 saturated heterocycles. The maximum atomic E-state index is 12.2. The molecule has 1 saturated carbocycles. The van der Waals surface area contributed by atoms with E-state index in [1.807, 2.05) is 12.2 Å². The fourth-order valence-corrected chi connectivity index (χ4v) is 3.67. The van der Waals surface area contributed by atoms with Crippen LogP contribution in [0.15, 0.2) is 36.4 Å². The summed E-state index contributed by atoms with van der Waals surface area (Å²) in [6.07, 6.45) is 6.04.